The van der Waals surface area contributed by atoms with Crippen LogP contribution in [0.1, 0.15) is 58.8 Å². The lowest BCUT2D eigenvalue weighted by Gasteiger charge is -2.43. The Morgan fingerprint density at radius 3 is 2.83 bits per heavy atom. The first-order valence-corrected chi connectivity index (χ1v) is 9.10. The van der Waals surface area contributed by atoms with E-state index in [1.807, 2.05) is 13.8 Å². The molecule has 1 aliphatic heterocycles. The van der Waals surface area contributed by atoms with Gasteiger partial charge in [-0.3, -0.25) is 9.69 Å². The summed E-state index contributed by atoms with van der Waals surface area (Å²) < 4.78 is 0. The van der Waals surface area contributed by atoms with E-state index in [0.29, 0.717) is 32.1 Å². The highest BCUT2D eigenvalue weighted by Crippen LogP contribution is 2.40. The molecule has 1 saturated heterocycles. The van der Waals surface area contributed by atoms with Gasteiger partial charge < -0.3 is 10.0 Å². The first-order valence-electron chi connectivity index (χ1n) is 9.10. The molecule has 2 aliphatic rings. The molecule has 1 heterocycles. The average molecular weight is 321 g/mol. The lowest BCUT2D eigenvalue weighted by Crippen LogP contribution is -2.51. The van der Waals surface area contributed by atoms with Crippen molar-refractivity contribution in [2.75, 3.05) is 26.2 Å². The molecule has 5 nitrogen and oxygen atoms in total. The molecule has 130 valence electrons. The molecule has 0 aromatic heterocycles. The Hall–Kier alpha value is -1.12. The van der Waals surface area contributed by atoms with Crippen molar-refractivity contribution in [3.05, 3.63) is 0 Å². The first kappa shape index (κ1) is 18.2. The summed E-state index contributed by atoms with van der Waals surface area (Å²) in [6.45, 7) is 6.48. The number of likely N-dealkylation sites (N-methyl/N-ethyl adjacent to an activating group) is 1. The van der Waals surface area contributed by atoms with Crippen molar-refractivity contribution in [3.8, 4) is 6.07 Å². The van der Waals surface area contributed by atoms with E-state index in [1.165, 1.54) is 6.42 Å². The highest BCUT2D eigenvalue weighted by molar-refractivity contribution is 5.78. The van der Waals surface area contributed by atoms with E-state index < -0.39 is 5.60 Å². The van der Waals surface area contributed by atoms with Crippen molar-refractivity contribution < 1.29 is 9.90 Å². The Morgan fingerprint density at radius 2 is 2.17 bits per heavy atom. The number of rotatable bonds is 6. The van der Waals surface area contributed by atoms with Crippen LogP contribution in [0.15, 0.2) is 0 Å². The molecule has 1 N–H and O–H groups in total. The number of hydrogen-bond acceptors (Lipinski definition) is 4. The Morgan fingerprint density at radius 1 is 1.39 bits per heavy atom. The summed E-state index contributed by atoms with van der Waals surface area (Å²) in [6, 6.07) is 2.43. The number of hydrogen-bond donors (Lipinski definition) is 1. The van der Waals surface area contributed by atoms with Crippen molar-refractivity contribution in [3.63, 3.8) is 0 Å². The van der Waals surface area contributed by atoms with Crippen LogP contribution in [0.5, 0.6) is 0 Å². The lowest BCUT2D eigenvalue weighted by molar-refractivity contribution is -0.133. The number of amides is 1. The van der Waals surface area contributed by atoms with Crippen molar-refractivity contribution in [2.24, 2.45) is 5.92 Å². The fourth-order valence-corrected chi connectivity index (χ4v) is 4.37. The van der Waals surface area contributed by atoms with Gasteiger partial charge in [0.2, 0.25) is 5.91 Å². The Balaban J connectivity index is 1.98. The van der Waals surface area contributed by atoms with E-state index in [-0.39, 0.29) is 11.8 Å². The molecule has 0 aromatic rings. The fourth-order valence-electron chi connectivity index (χ4n) is 4.37. The monoisotopic (exact) mass is 321 g/mol. The van der Waals surface area contributed by atoms with E-state index in [2.05, 4.69) is 11.0 Å². The van der Waals surface area contributed by atoms with Crippen molar-refractivity contribution in [2.45, 2.75) is 70.4 Å². The molecule has 1 aliphatic carbocycles. The van der Waals surface area contributed by atoms with Crippen LogP contribution in [0.2, 0.25) is 0 Å². The van der Waals surface area contributed by atoms with Crippen LogP contribution in [0.3, 0.4) is 0 Å². The third-order valence-electron chi connectivity index (χ3n) is 5.69. The third-order valence-corrected chi connectivity index (χ3v) is 5.69. The molecule has 3 atom stereocenters. The van der Waals surface area contributed by atoms with Crippen LogP contribution in [0, 0.1) is 17.2 Å². The minimum Gasteiger partial charge on any atom is -0.390 e. The van der Waals surface area contributed by atoms with E-state index >= 15 is 0 Å². The Kier molecular flexibility index (Phi) is 6.43. The van der Waals surface area contributed by atoms with Crippen molar-refractivity contribution in [1.82, 2.24) is 9.80 Å². The highest BCUT2D eigenvalue weighted by atomic mass is 16.3. The Bertz CT molecular complexity index is 444. The first-order chi connectivity index (χ1) is 11.0. The van der Waals surface area contributed by atoms with Crippen LogP contribution < -0.4 is 0 Å². The number of carbonyl (C=O) groups excluding carboxylic acids is 1. The second-order valence-corrected chi connectivity index (χ2v) is 7.27. The number of nitriles is 1. The van der Waals surface area contributed by atoms with Gasteiger partial charge in [0, 0.05) is 25.0 Å². The molecule has 0 radical (unpaired) electrons. The summed E-state index contributed by atoms with van der Waals surface area (Å²) in [5.41, 5.74) is -0.597. The number of carbonyl (C=O) groups is 1. The molecule has 0 bridgehead atoms. The molecule has 5 heteroatoms. The molecular formula is C18H31N3O2. The number of aliphatic hydroxyl groups is 1. The SMILES string of the molecule is CCN(CCC#N)C(=O)CN1CCCC1C1CCCCC1(C)O. The molecule has 1 saturated carbocycles. The fraction of sp³-hybridized carbons (Fsp3) is 0.889. The zero-order valence-electron chi connectivity index (χ0n) is 14.6. The molecule has 2 rings (SSSR count). The maximum Gasteiger partial charge on any atom is 0.236 e. The van der Waals surface area contributed by atoms with Gasteiger partial charge in [0.05, 0.1) is 24.6 Å². The molecule has 0 aromatic carbocycles. The second-order valence-electron chi connectivity index (χ2n) is 7.27. The molecular weight excluding hydrogens is 290 g/mol. The summed E-state index contributed by atoms with van der Waals surface area (Å²) in [7, 11) is 0. The normalized spacial score (nSPS) is 31.7. The molecule has 23 heavy (non-hydrogen) atoms. The van der Waals surface area contributed by atoms with Crippen LogP contribution in [0.4, 0.5) is 0 Å². The predicted molar refractivity (Wildman–Crippen MR) is 89.7 cm³/mol. The van der Waals surface area contributed by atoms with Crippen molar-refractivity contribution >= 4 is 5.91 Å². The predicted octanol–water partition coefficient (Wildman–Crippen LogP) is 2.15. The minimum atomic E-state index is -0.597. The summed E-state index contributed by atoms with van der Waals surface area (Å²) >= 11 is 0. The van der Waals surface area contributed by atoms with E-state index in [9.17, 15) is 9.90 Å². The summed E-state index contributed by atoms with van der Waals surface area (Å²) in [5.74, 6) is 0.394. The minimum absolute atomic E-state index is 0.116. The zero-order chi connectivity index (χ0) is 16.9. The molecule has 0 spiro atoms. The van der Waals surface area contributed by atoms with Gasteiger partial charge in [0.1, 0.15) is 0 Å². The molecule has 1 amide bonds. The molecule has 3 unspecified atom stereocenters. The quantitative estimate of drug-likeness (QED) is 0.814. The van der Waals surface area contributed by atoms with Crippen LogP contribution in [-0.4, -0.2) is 58.6 Å². The summed E-state index contributed by atoms with van der Waals surface area (Å²) in [5, 5.41) is 19.5. The van der Waals surface area contributed by atoms with Crippen LogP contribution in [-0.2, 0) is 4.79 Å². The van der Waals surface area contributed by atoms with Crippen LogP contribution >= 0.6 is 0 Å². The highest BCUT2D eigenvalue weighted by Gasteiger charge is 2.43. The third kappa shape index (κ3) is 4.45. The zero-order valence-corrected chi connectivity index (χ0v) is 14.6. The van der Waals surface area contributed by atoms with Gasteiger partial charge in [-0.2, -0.15) is 5.26 Å². The van der Waals surface area contributed by atoms with Crippen molar-refractivity contribution in [1.29, 1.82) is 5.26 Å². The molecule has 2 fully saturated rings. The topological polar surface area (TPSA) is 67.6 Å². The van der Waals surface area contributed by atoms with Crippen LogP contribution in [0.25, 0.3) is 0 Å². The summed E-state index contributed by atoms with van der Waals surface area (Å²) in [6.07, 6.45) is 6.80. The van der Waals surface area contributed by atoms with E-state index in [1.54, 1.807) is 4.90 Å². The number of likely N-dealkylation sites (tertiary alicyclic amines) is 1. The smallest absolute Gasteiger partial charge is 0.236 e. The lowest BCUT2D eigenvalue weighted by atomic mass is 9.72. The second kappa shape index (κ2) is 8.12. The standard InChI is InChI=1S/C18H31N3O2/c1-3-20(13-7-11-19)17(22)14-21-12-6-9-16(21)15-8-4-5-10-18(15,2)23/h15-16,23H,3-10,12-14H2,1-2H3. The van der Waals surface area contributed by atoms with Gasteiger partial charge in [0.15, 0.2) is 0 Å². The van der Waals surface area contributed by atoms with Gasteiger partial charge in [-0.25, -0.2) is 0 Å². The van der Waals surface area contributed by atoms with Gasteiger partial charge >= 0.3 is 0 Å². The Labute approximate surface area is 140 Å². The average Bonchev–Trinajstić information content (AvgIpc) is 2.95. The van der Waals surface area contributed by atoms with Gasteiger partial charge in [-0.1, -0.05) is 12.8 Å². The largest absolute Gasteiger partial charge is 0.390 e. The maximum absolute atomic E-state index is 12.5. The van der Waals surface area contributed by atoms with Gasteiger partial charge in [0.25, 0.3) is 0 Å². The van der Waals surface area contributed by atoms with Gasteiger partial charge in [-0.05, 0) is 46.1 Å². The van der Waals surface area contributed by atoms with E-state index in [0.717, 1.165) is 38.6 Å². The van der Waals surface area contributed by atoms with Gasteiger partial charge in [-0.15, -0.1) is 0 Å². The van der Waals surface area contributed by atoms with E-state index in [4.69, 9.17) is 5.26 Å². The summed E-state index contributed by atoms with van der Waals surface area (Å²) in [4.78, 5) is 16.6. The number of nitrogens with zero attached hydrogens (tertiary/aromatic N) is 3. The maximum atomic E-state index is 12.5.